The molecule has 2 aromatic rings. The van der Waals surface area contributed by atoms with E-state index in [0.717, 1.165) is 61.1 Å². The summed E-state index contributed by atoms with van der Waals surface area (Å²) in [4.78, 5) is 9.20. The highest BCUT2D eigenvalue weighted by Crippen LogP contribution is 2.28. The van der Waals surface area contributed by atoms with Crippen molar-refractivity contribution >= 4 is 16.9 Å². The van der Waals surface area contributed by atoms with Crippen LogP contribution in [0.25, 0.3) is 10.9 Å². The van der Waals surface area contributed by atoms with Crippen molar-refractivity contribution in [2.45, 2.75) is 32.7 Å². The Hall–Kier alpha value is -2.14. The summed E-state index contributed by atoms with van der Waals surface area (Å²) in [5, 5.41) is 7.83. The van der Waals surface area contributed by atoms with Gasteiger partial charge in [0.2, 0.25) is 0 Å². The van der Waals surface area contributed by atoms with Crippen LogP contribution < -0.4 is 10.6 Å². The van der Waals surface area contributed by atoms with E-state index in [1.165, 1.54) is 12.8 Å². The lowest BCUT2D eigenvalue weighted by molar-refractivity contribution is 0.123. The number of hydrogen-bond acceptors (Lipinski definition) is 3. The minimum absolute atomic E-state index is 0.613. The first-order chi connectivity index (χ1) is 12.4. The number of nitrogens with zero attached hydrogens (tertiary/aromatic N) is 2. The minimum Gasteiger partial charge on any atom is -0.381 e. The van der Waals surface area contributed by atoms with E-state index < -0.39 is 0 Å². The van der Waals surface area contributed by atoms with Crippen LogP contribution in [-0.4, -0.2) is 37.2 Å². The molecule has 2 N–H and O–H groups in total. The summed E-state index contributed by atoms with van der Waals surface area (Å²) in [5.41, 5.74) is 2.17. The van der Waals surface area contributed by atoms with E-state index in [1.54, 1.807) is 0 Å². The van der Waals surface area contributed by atoms with Crippen molar-refractivity contribution in [3.8, 4) is 0 Å². The van der Waals surface area contributed by atoms with Crippen LogP contribution in [0, 0.1) is 5.92 Å². The maximum absolute atomic E-state index is 5.67. The molecule has 0 bridgehead atoms. The van der Waals surface area contributed by atoms with E-state index in [4.69, 9.17) is 9.73 Å². The first kappa shape index (κ1) is 17.7. The molecule has 134 valence electrons. The van der Waals surface area contributed by atoms with Crippen molar-refractivity contribution < 1.29 is 4.74 Å². The minimum atomic E-state index is 0.613. The average molecular weight is 340 g/mol. The number of rotatable bonds is 9. The molecule has 25 heavy (non-hydrogen) atoms. The second kappa shape index (κ2) is 9.37. The third-order valence-corrected chi connectivity index (χ3v) is 4.28. The fraction of sp³-hybridized carbons (Fsp3) is 0.500. The summed E-state index contributed by atoms with van der Waals surface area (Å²) in [6.45, 7) is 6.15. The van der Waals surface area contributed by atoms with Gasteiger partial charge in [0.05, 0.1) is 12.1 Å². The van der Waals surface area contributed by atoms with Crippen LogP contribution >= 0.6 is 0 Å². The Labute approximate surface area is 149 Å². The molecular formula is C20H28N4O. The van der Waals surface area contributed by atoms with Crippen LogP contribution in [0.3, 0.4) is 0 Å². The lowest BCUT2D eigenvalue weighted by Crippen LogP contribution is -2.38. The van der Waals surface area contributed by atoms with E-state index >= 15 is 0 Å². The SMILES string of the molecule is CCNC(=NCc1cccc2cccnc12)NCCCOCC1CC1. The Kier molecular flexibility index (Phi) is 6.63. The fourth-order valence-corrected chi connectivity index (χ4v) is 2.72. The number of benzene rings is 1. The zero-order valence-electron chi connectivity index (χ0n) is 15.0. The van der Waals surface area contributed by atoms with Gasteiger partial charge in [0.25, 0.3) is 0 Å². The molecular weight excluding hydrogens is 312 g/mol. The molecule has 1 saturated carbocycles. The van der Waals surface area contributed by atoms with Gasteiger partial charge in [-0.2, -0.15) is 0 Å². The summed E-state index contributed by atoms with van der Waals surface area (Å²) in [7, 11) is 0. The number of guanidine groups is 1. The molecule has 0 unspecified atom stereocenters. The van der Waals surface area contributed by atoms with Crippen molar-refractivity contribution in [2.24, 2.45) is 10.9 Å². The van der Waals surface area contributed by atoms with Crippen LogP contribution in [-0.2, 0) is 11.3 Å². The molecule has 0 atom stereocenters. The molecule has 0 radical (unpaired) electrons. The molecule has 1 fully saturated rings. The molecule has 3 rings (SSSR count). The summed E-state index contributed by atoms with van der Waals surface area (Å²) < 4.78 is 5.67. The van der Waals surface area contributed by atoms with Gasteiger partial charge in [-0.1, -0.05) is 24.3 Å². The van der Waals surface area contributed by atoms with Gasteiger partial charge in [-0.3, -0.25) is 4.98 Å². The molecule has 1 aliphatic carbocycles. The number of ether oxygens (including phenoxy) is 1. The van der Waals surface area contributed by atoms with Crippen molar-refractivity contribution in [3.63, 3.8) is 0 Å². The molecule has 5 nitrogen and oxygen atoms in total. The molecule has 1 aromatic heterocycles. The number of nitrogens with one attached hydrogen (secondary N) is 2. The van der Waals surface area contributed by atoms with E-state index in [1.807, 2.05) is 12.3 Å². The highest BCUT2D eigenvalue weighted by atomic mass is 16.5. The normalized spacial score (nSPS) is 14.7. The summed E-state index contributed by atoms with van der Waals surface area (Å²) in [6.07, 6.45) is 5.52. The van der Waals surface area contributed by atoms with E-state index in [2.05, 4.69) is 46.8 Å². The Morgan fingerprint density at radius 1 is 1.24 bits per heavy atom. The summed E-state index contributed by atoms with van der Waals surface area (Å²) in [6, 6.07) is 10.3. The molecule has 0 spiro atoms. The van der Waals surface area contributed by atoms with Crippen LogP contribution in [0.15, 0.2) is 41.5 Å². The lowest BCUT2D eigenvalue weighted by Gasteiger charge is -2.12. The standard InChI is InChI=1S/C20H28N4O/c1-2-21-20(23-12-5-13-25-15-16-9-10-16)24-14-18-7-3-6-17-8-4-11-22-19(17)18/h3-4,6-8,11,16H,2,5,9-10,12-15H2,1H3,(H2,21,23,24). The molecule has 1 aliphatic rings. The number of para-hydroxylation sites is 1. The fourth-order valence-electron chi connectivity index (χ4n) is 2.72. The van der Waals surface area contributed by atoms with Crippen molar-refractivity contribution in [1.82, 2.24) is 15.6 Å². The van der Waals surface area contributed by atoms with Crippen LogP contribution in [0.5, 0.6) is 0 Å². The Bertz CT molecular complexity index is 692. The van der Waals surface area contributed by atoms with Gasteiger partial charge in [0.15, 0.2) is 5.96 Å². The van der Waals surface area contributed by atoms with Gasteiger partial charge in [-0.05, 0) is 43.7 Å². The maximum Gasteiger partial charge on any atom is 0.191 e. The smallest absolute Gasteiger partial charge is 0.191 e. The number of fused-ring (bicyclic) bond motifs is 1. The highest BCUT2D eigenvalue weighted by Gasteiger charge is 2.20. The van der Waals surface area contributed by atoms with Gasteiger partial charge < -0.3 is 15.4 Å². The molecule has 0 aliphatic heterocycles. The highest BCUT2D eigenvalue weighted by molar-refractivity contribution is 5.83. The predicted octanol–water partition coefficient (Wildman–Crippen LogP) is 3.11. The van der Waals surface area contributed by atoms with E-state index in [-0.39, 0.29) is 0 Å². The van der Waals surface area contributed by atoms with Gasteiger partial charge in [0, 0.05) is 37.9 Å². The first-order valence-electron chi connectivity index (χ1n) is 9.29. The molecule has 1 aromatic carbocycles. The second-order valence-corrected chi connectivity index (χ2v) is 6.49. The van der Waals surface area contributed by atoms with Crippen LogP contribution in [0.2, 0.25) is 0 Å². The zero-order chi connectivity index (χ0) is 17.3. The Morgan fingerprint density at radius 3 is 2.96 bits per heavy atom. The van der Waals surface area contributed by atoms with Gasteiger partial charge in [0.1, 0.15) is 0 Å². The number of aromatic nitrogens is 1. The van der Waals surface area contributed by atoms with Gasteiger partial charge >= 0.3 is 0 Å². The summed E-state index contributed by atoms with van der Waals surface area (Å²) in [5.74, 6) is 1.68. The first-order valence-corrected chi connectivity index (χ1v) is 9.29. The average Bonchev–Trinajstić information content (AvgIpc) is 3.46. The zero-order valence-corrected chi connectivity index (χ0v) is 15.0. The third-order valence-electron chi connectivity index (χ3n) is 4.28. The number of aliphatic imine (C=N–C) groups is 1. The lowest BCUT2D eigenvalue weighted by atomic mass is 10.1. The molecule has 1 heterocycles. The van der Waals surface area contributed by atoms with Crippen molar-refractivity contribution in [3.05, 3.63) is 42.1 Å². The van der Waals surface area contributed by atoms with E-state index in [9.17, 15) is 0 Å². The quantitative estimate of drug-likeness (QED) is 0.418. The molecule has 0 saturated heterocycles. The number of hydrogen-bond donors (Lipinski definition) is 2. The van der Waals surface area contributed by atoms with Gasteiger partial charge in [-0.25, -0.2) is 4.99 Å². The predicted molar refractivity (Wildman–Crippen MR) is 103 cm³/mol. The van der Waals surface area contributed by atoms with Crippen LogP contribution in [0.1, 0.15) is 31.7 Å². The molecule has 0 amide bonds. The third kappa shape index (κ3) is 5.71. The monoisotopic (exact) mass is 340 g/mol. The Morgan fingerprint density at radius 2 is 2.12 bits per heavy atom. The van der Waals surface area contributed by atoms with E-state index in [0.29, 0.717) is 6.54 Å². The topological polar surface area (TPSA) is 58.5 Å². The number of pyridine rings is 1. The summed E-state index contributed by atoms with van der Waals surface area (Å²) >= 11 is 0. The van der Waals surface area contributed by atoms with Crippen molar-refractivity contribution in [1.29, 1.82) is 0 Å². The van der Waals surface area contributed by atoms with Gasteiger partial charge in [-0.15, -0.1) is 0 Å². The van der Waals surface area contributed by atoms with Crippen molar-refractivity contribution in [2.75, 3.05) is 26.3 Å². The Balaban J connectivity index is 1.50. The second-order valence-electron chi connectivity index (χ2n) is 6.49. The molecule has 5 heteroatoms. The maximum atomic E-state index is 5.67. The van der Waals surface area contributed by atoms with Crippen LogP contribution in [0.4, 0.5) is 0 Å². The largest absolute Gasteiger partial charge is 0.381 e.